The minimum atomic E-state index is 0.182. The van der Waals surface area contributed by atoms with E-state index < -0.39 is 0 Å². The Morgan fingerprint density at radius 1 is 1.69 bits per heavy atom. The molecule has 0 aromatic heterocycles. The van der Waals surface area contributed by atoms with Gasteiger partial charge in [0, 0.05) is 31.2 Å². The third-order valence-corrected chi connectivity index (χ3v) is 3.17. The van der Waals surface area contributed by atoms with Gasteiger partial charge in [-0.25, -0.2) is 0 Å². The summed E-state index contributed by atoms with van der Waals surface area (Å²) in [6, 6.07) is 0. The van der Waals surface area contributed by atoms with Gasteiger partial charge in [-0.1, -0.05) is 6.92 Å². The SMILES string of the molecule is COCC(=O)CN1CCSC(C)C1. The van der Waals surface area contributed by atoms with Crippen LogP contribution in [-0.2, 0) is 9.53 Å². The molecule has 0 N–H and O–H groups in total. The summed E-state index contributed by atoms with van der Waals surface area (Å²) in [5.74, 6) is 1.32. The Kier molecular flexibility index (Phi) is 4.77. The highest BCUT2D eigenvalue weighted by Crippen LogP contribution is 2.17. The fraction of sp³-hybridized carbons (Fsp3) is 0.889. The topological polar surface area (TPSA) is 29.5 Å². The molecule has 1 unspecified atom stereocenters. The Hall–Kier alpha value is -0.0600. The van der Waals surface area contributed by atoms with Crippen molar-refractivity contribution in [1.29, 1.82) is 0 Å². The molecule has 1 saturated heterocycles. The minimum Gasteiger partial charge on any atom is -0.377 e. The number of carbonyl (C=O) groups excluding carboxylic acids is 1. The third kappa shape index (κ3) is 4.11. The van der Waals surface area contributed by atoms with Crippen LogP contribution in [-0.4, -0.2) is 55.0 Å². The maximum absolute atomic E-state index is 11.2. The van der Waals surface area contributed by atoms with E-state index in [1.54, 1.807) is 7.11 Å². The molecule has 1 atom stereocenters. The molecule has 0 amide bonds. The monoisotopic (exact) mass is 203 g/mol. The lowest BCUT2D eigenvalue weighted by Crippen LogP contribution is -2.40. The van der Waals surface area contributed by atoms with Gasteiger partial charge in [-0.3, -0.25) is 9.69 Å². The predicted octanol–water partition coefficient (Wildman–Crippen LogP) is 0.639. The molecule has 0 bridgehead atoms. The quantitative estimate of drug-likeness (QED) is 0.670. The average Bonchev–Trinajstić information content (AvgIpc) is 2.04. The lowest BCUT2D eigenvalue weighted by Gasteiger charge is -2.29. The van der Waals surface area contributed by atoms with Crippen LogP contribution in [0.5, 0.6) is 0 Å². The Labute approximate surface area is 83.8 Å². The van der Waals surface area contributed by atoms with Gasteiger partial charge in [0.25, 0.3) is 0 Å². The number of nitrogens with zero attached hydrogens (tertiary/aromatic N) is 1. The molecule has 0 aromatic rings. The van der Waals surface area contributed by atoms with Crippen LogP contribution in [0, 0.1) is 0 Å². The van der Waals surface area contributed by atoms with Crippen molar-refractivity contribution in [2.45, 2.75) is 12.2 Å². The van der Waals surface area contributed by atoms with E-state index in [0.717, 1.165) is 18.8 Å². The van der Waals surface area contributed by atoms with Gasteiger partial charge in [-0.15, -0.1) is 0 Å². The summed E-state index contributed by atoms with van der Waals surface area (Å²) in [6.07, 6.45) is 0. The van der Waals surface area contributed by atoms with Gasteiger partial charge >= 0.3 is 0 Å². The number of Topliss-reactive ketones (excluding diaryl/α,β-unsaturated/α-hetero) is 1. The van der Waals surface area contributed by atoms with E-state index in [1.807, 2.05) is 11.8 Å². The van der Waals surface area contributed by atoms with Gasteiger partial charge in [0.05, 0.1) is 6.54 Å². The molecule has 76 valence electrons. The molecule has 0 saturated carbocycles. The van der Waals surface area contributed by atoms with E-state index >= 15 is 0 Å². The molecule has 1 heterocycles. The lowest BCUT2D eigenvalue weighted by atomic mass is 10.3. The summed E-state index contributed by atoms with van der Waals surface area (Å²) in [7, 11) is 1.56. The number of ketones is 1. The molecule has 1 aliphatic rings. The maximum atomic E-state index is 11.2. The molecule has 13 heavy (non-hydrogen) atoms. The summed E-state index contributed by atoms with van der Waals surface area (Å²) in [4.78, 5) is 13.5. The van der Waals surface area contributed by atoms with E-state index in [4.69, 9.17) is 4.74 Å². The van der Waals surface area contributed by atoms with Gasteiger partial charge in [0.15, 0.2) is 5.78 Å². The molecule has 0 radical (unpaired) electrons. The number of carbonyl (C=O) groups is 1. The summed E-state index contributed by atoms with van der Waals surface area (Å²) in [6.45, 7) is 5.07. The number of ether oxygens (including phenoxy) is 1. The van der Waals surface area contributed by atoms with Gasteiger partial charge in [-0.2, -0.15) is 11.8 Å². The highest BCUT2D eigenvalue weighted by Gasteiger charge is 2.18. The first-order valence-corrected chi connectivity index (χ1v) is 5.62. The number of methoxy groups -OCH3 is 1. The van der Waals surface area contributed by atoms with Crippen LogP contribution in [0.1, 0.15) is 6.92 Å². The summed E-state index contributed by atoms with van der Waals surface area (Å²) >= 11 is 1.98. The van der Waals surface area contributed by atoms with Crippen molar-refractivity contribution in [1.82, 2.24) is 4.90 Å². The summed E-state index contributed by atoms with van der Waals surface area (Å²) in [5, 5.41) is 0.657. The highest BCUT2D eigenvalue weighted by atomic mass is 32.2. The minimum absolute atomic E-state index is 0.182. The van der Waals surface area contributed by atoms with Crippen molar-refractivity contribution in [2.24, 2.45) is 0 Å². The largest absolute Gasteiger partial charge is 0.377 e. The van der Waals surface area contributed by atoms with Crippen molar-refractivity contribution in [3.63, 3.8) is 0 Å². The van der Waals surface area contributed by atoms with Crippen LogP contribution in [0.3, 0.4) is 0 Å². The summed E-state index contributed by atoms with van der Waals surface area (Å²) in [5.41, 5.74) is 0. The normalized spacial score (nSPS) is 24.6. The van der Waals surface area contributed by atoms with Crippen molar-refractivity contribution in [3.05, 3.63) is 0 Å². The van der Waals surface area contributed by atoms with E-state index in [1.165, 1.54) is 0 Å². The van der Waals surface area contributed by atoms with Crippen LogP contribution in [0.25, 0.3) is 0 Å². The van der Waals surface area contributed by atoms with Crippen LogP contribution >= 0.6 is 11.8 Å². The highest BCUT2D eigenvalue weighted by molar-refractivity contribution is 7.99. The van der Waals surface area contributed by atoms with Crippen LogP contribution in [0.15, 0.2) is 0 Å². The second-order valence-corrected chi connectivity index (χ2v) is 4.93. The third-order valence-electron chi connectivity index (χ3n) is 2.03. The molecule has 4 heteroatoms. The molecular weight excluding hydrogens is 186 g/mol. The first kappa shape index (κ1) is 11.0. The van der Waals surface area contributed by atoms with Gasteiger partial charge in [0.2, 0.25) is 0 Å². The molecule has 3 nitrogen and oxygen atoms in total. The van der Waals surface area contributed by atoms with Crippen molar-refractivity contribution >= 4 is 17.5 Å². The fourth-order valence-corrected chi connectivity index (χ4v) is 2.57. The standard InChI is InChI=1S/C9H17NO2S/c1-8-5-10(3-4-13-8)6-9(11)7-12-2/h8H,3-7H2,1-2H3. The number of thioether (sulfide) groups is 1. The average molecular weight is 203 g/mol. The predicted molar refractivity (Wildman–Crippen MR) is 55.2 cm³/mol. The van der Waals surface area contributed by atoms with E-state index in [0.29, 0.717) is 11.8 Å². The summed E-state index contributed by atoms with van der Waals surface area (Å²) < 4.78 is 4.79. The van der Waals surface area contributed by atoms with Crippen LogP contribution < -0.4 is 0 Å². The van der Waals surface area contributed by atoms with Crippen molar-refractivity contribution in [2.75, 3.05) is 39.1 Å². The van der Waals surface area contributed by atoms with E-state index in [9.17, 15) is 4.79 Å². The molecule has 0 spiro atoms. The number of hydrogen-bond donors (Lipinski definition) is 0. The molecule has 1 rings (SSSR count). The molecule has 1 fully saturated rings. The van der Waals surface area contributed by atoms with Gasteiger partial charge in [0.1, 0.15) is 6.61 Å². The molecule has 0 aliphatic carbocycles. The molecule has 1 aliphatic heterocycles. The zero-order valence-corrected chi connectivity index (χ0v) is 9.10. The Morgan fingerprint density at radius 2 is 2.46 bits per heavy atom. The van der Waals surface area contributed by atoms with Gasteiger partial charge < -0.3 is 4.74 Å². The first-order chi connectivity index (χ1) is 6.22. The maximum Gasteiger partial charge on any atom is 0.172 e. The Bertz CT molecular complexity index is 175. The first-order valence-electron chi connectivity index (χ1n) is 4.57. The van der Waals surface area contributed by atoms with Crippen LogP contribution in [0.4, 0.5) is 0 Å². The zero-order chi connectivity index (χ0) is 9.68. The van der Waals surface area contributed by atoms with E-state index in [2.05, 4.69) is 11.8 Å². The second kappa shape index (κ2) is 5.62. The smallest absolute Gasteiger partial charge is 0.172 e. The second-order valence-electron chi connectivity index (χ2n) is 3.39. The van der Waals surface area contributed by atoms with Crippen LogP contribution in [0.2, 0.25) is 0 Å². The zero-order valence-electron chi connectivity index (χ0n) is 8.28. The molecular formula is C9H17NO2S. The lowest BCUT2D eigenvalue weighted by molar-refractivity contribution is -0.123. The van der Waals surface area contributed by atoms with Gasteiger partial charge in [-0.05, 0) is 0 Å². The van der Waals surface area contributed by atoms with E-state index in [-0.39, 0.29) is 12.4 Å². The number of rotatable bonds is 4. The fourth-order valence-electron chi connectivity index (χ4n) is 1.49. The number of hydrogen-bond acceptors (Lipinski definition) is 4. The molecule has 0 aromatic carbocycles. The Balaban J connectivity index is 2.23. The van der Waals surface area contributed by atoms with Crippen molar-refractivity contribution in [3.8, 4) is 0 Å². The Morgan fingerprint density at radius 3 is 3.08 bits per heavy atom. The van der Waals surface area contributed by atoms with Crippen molar-refractivity contribution < 1.29 is 9.53 Å².